The van der Waals surface area contributed by atoms with E-state index in [1.54, 1.807) is 42.7 Å². The number of hydrogen-bond donors (Lipinski definition) is 1. The maximum absolute atomic E-state index is 5.68. The van der Waals surface area contributed by atoms with E-state index in [0.29, 0.717) is 40.5 Å². The Morgan fingerprint density at radius 1 is 0.809 bits per heavy atom. The molecule has 258 valence electrons. The summed E-state index contributed by atoms with van der Waals surface area (Å²) in [5.74, 6) is 3.58. The Balaban J connectivity index is 0.00000256. The molecule has 0 saturated carbocycles. The van der Waals surface area contributed by atoms with E-state index in [2.05, 4.69) is 51.4 Å². The fourth-order valence-corrected chi connectivity index (χ4v) is 6.09. The largest absolute Gasteiger partial charge is 0.493 e. The molecular weight excluding hydrogens is 667 g/mol. The summed E-state index contributed by atoms with van der Waals surface area (Å²) >= 11 is 0. The van der Waals surface area contributed by atoms with Gasteiger partial charge in [0.05, 0.1) is 53.9 Å². The van der Waals surface area contributed by atoms with E-state index in [9.17, 15) is 0 Å². The molecule has 3 aromatic rings. The van der Waals surface area contributed by atoms with Gasteiger partial charge in [-0.05, 0) is 60.7 Å². The Morgan fingerprint density at radius 2 is 1.38 bits per heavy atom. The SMILES string of the molecule is COc1cc(-c2cc(N(C)[C@H]3CCN(CC4(c5cc(OC)c(OC)c(OC)c5)C=CC=CN4)C3)ccn2)cc(OC)c1OC.Cl.Cl.Cl. The van der Waals surface area contributed by atoms with Crippen LogP contribution in [0.15, 0.2) is 67.0 Å². The molecule has 1 saturated heterocycles. The van der Waals surface area contributed by atoms with Gasteiger partial charge in [0.1, 0.15) is 0 Å². The molecule has 1 fully saturated rings. The summed E-state index contributed by atoms with van der Waals surface area (Å²) < 4.78 is 33.6. The average Bonchev–Trinajstić information content (AvgIpc) is 3.54. The molecule has 3 heterocycles. The molecule has 2 aromatic carbocycles. The van der Waals surface area contributed by atoms with Crippen molar-refractivity contribution in [2.24, 2.45) is 0 Å². The number of likely N-dealkylation sites (N-methyl/N-ethyl adjacent to an activating group) is 1. The zero-order valence-corrected chi connectivity index (χ0v) is 30.2. The number of rotatable bonds is 12. The first-order chi connectivity index (χ1) is 21.4. The third-order valence-corrected chi connectivity index (χ3v) is 8.49. The first-order valence-corrected chi connectivity index (χ1v) is 14.5. The predicted molar refractivity (Wildman–Crippen MR) is 194 cm³/mol. The van der Waals surface area contributed by atoms with E-state index >= 15 is 0 Å². The van der Waals surface area contributed by atoms with Gasteiger partial charge in [-0.3, -0.25) is 9.88 Å². The van der Waals surface area contributed by atoms with E-state index < -0.39 is 5.54 Å². The van der Waals surface area contributed by atoms with E-state index in [1.165, 1.54) is 0 Å². The smallest absolute Gasteiger partial charge is 0.203 e. The first-order valence-electron chi connectivity index (χ1n) is 14.5. The molecule has 0 spiro atoms. The predicted octanol–water partition coefficient (Wildman–Crippen LogP) is 6.14. The Kier molecular flexibility index (Phi) is 14.7. The van der Waals surface area contributed by atoms with Gasteiger partial charge in [-0.2, -0.15) is 0 Å². The summed E-state index contributed by atoms with van der Waals surface area (Å²) in [6, 6.07) is 12.4. The van der Waals surface area contributed by atoms with Crippen molar-refractivity contribution >= 4 is 42.9 Å². The summed E-state index contributed by atoms with van der Waals surface area (Å²) in [6.07, 6.45) is 11.2. The molecule has 0 radical (unpaired) electrons. The van der Waals surface area contributed by atoms with Gasteiger partial charge in [0, 0.05) is 50.2 Å². The number of benzene rings is 2. The quantitative estimate of drug-likeness (QED) is 0.236. The molecule has 47 heavy (non-hydrogen) atoms. The number of methoxy groups -OCH3 is 6. The third-order valence-electron chi connectivity index (χ3n) is 8.49. The van der Waals surface area contributed by atoms with E-state index in [0.717, 1.165) is 48.6 Å². The van der Waals surface area contributed by atoms with Crippen molar-refractivity contribution in [1.82, 2.24) is 15.2 Å². The van der Waals surface area contributed by atoms with Crippen LogP contribution in [0.25, 0.3) is 11.3 Å². The molecule has 1 N–H and O–H groups in total. The normalized spacial score (nSPS) is 18.1. The molecule has 0 bridgehead atoms. The van der Waals surface area contributed by atoms with Gasteiger partial charge in [-0.15, -0.1) is 37.2 Å². The fraction of sp³-hybridized carbons (Fsp3) is 0.382. The summed E-state index contributed by atoms with van der Waals surface area (Å²) in [7, 11) is 11.9. The molecule has 5 rings (SSSR count). The van der Waals surface area contributed by atoms with Gasteiger partial charge in [0.25, 0.3) is 0 Å². The number of dihydropyridines is 1. The second-order valence-corrected chi connectivity index (χ2v) is 10.8. The van der Waals surface area contributed by atoms with Gasteiger partial charge in [0.2, 0.25) is 11.5 Å². The molecule has 10 nitrogen and oxygen atoms in total. The molecule has 0 aliphatic carbocycles. The van der Waals surface area contributed by atoms with Gasteiger partial charge in [0.15, 0.2) is 23.0 Å². The molecule has 13 heteroatoms. The summed E-state index contributed by atoms with van der Waals surface area (Å²) in [6.45, 7) is 2.64. The highest BCUT2D eigenvalue weighted by atomic mass is 35.5. The van der Waals surface area contributed by atoms with Crippen LogP contribution in [0.1, 0.15) is 12.0 Å². The highest BCUT2D eigenvalue weighted by Gasteiger charge is 2.37. The lowest BCUT2D eigenvalue weighted by Gasteiger charge is -2.38. The van der Waals surface area contributed by atoms with Crippen molar-refractivity contribution in [2.45, 2.75) is 18.0 Å². The zero-order valence-electron chi connectivity index (χ0n) is 27.8. The van der Waals surface area contributed by atoms with Crippen LogP contribution in [0.2, 0.25) is 0 Å². The lowest BCUT2D eigenvalue weighted by molar-refractivity contribution is 0.253. The van der Waals surface area contributed by atoms with Crippen LogP contribution in [0.3, 0.4) is 0 Å². The van der Waals surface area contributed by atoms with Crippen molar-refractivity contribution in [3.05, 3.63) is 72.6 Å². The van der Waals surface area contributed by atoms with E-state index in [4.69, 9.17) is 28.4 Å². The zero-order chi connectivity index (χ0) is 31.3. The number of hydrogen-bond acceptors (Lipinski definition) is 10. The Morgan fingerprint density at radius 3 is 1.89 bits per heavy atom. The van der Waals surface area contributed by atoms with Crippen LogP contribution < -0.4 is 38.6 Å². The van der Waals surface area contributed by atoms with Crippen molar-refractivity contribution in [2.75, 3.05) is 74.2 Å². The van der Waals surface area contributed by atoms with Gasteiger partial charge < -0.3 is 38.6 Å². The molecule has 2 atom stereocenters. The maximum Gasteiger partial charge on any atom is 0.203 e. The van der Waals surface area contributed by atoms with E-state index in [1.807, 2.05) is 42.7 Å². The molecule has 1 unspecified atom stereocenters. The first kappa shape index (κ1) is 39.5. The van der Waals surface area contributed by atoms with Crippen molar-refractivity contribution < 1.29 is 28.4 Å². The monoisotopic (exact) mass is 710 g/mol. The molecule has 0 amide bonds. The minimum Gasteiger partial charge on any atom is -0.493 e. The minimum atomic E-state index is -0.467. The minimum absolute atomic E-state index is 0. The Hall–Kier alpha value is -3.70. The van der Waals surface area contributed by atoms with Crippen molar-refractivity contribution in [3.63, 3.8) is 0 Å². The number of allylic oxidation sites excluding steroid dienone is 2. The van der Waals surface area contributed by atoms with Crippen LogP contribution >= 0.6 is 37.2 Å². The van der Waals surface area contributed by atoms with Crippen LogP contribution in [-0.4, -0.2) is 85.3 Å². The lowest BCUT2D eigenvalue weighted by atomic mass is 9.87. The highest BCUT2D eigenvalue weighted by molar-refractivity contribution is 5.86. The van der Waals surface area contributed by atoms with Gasteiger partial charge in [-0.25, -0.2) is 0 Å². The summed E-state index contributed by atoms with van der Waals surface area (Å²) in [5, 5.41) is 3.63. The Labute approximate surface area is 296 Å². The number of ether oxygens (including phenoxy) is 6. The number of aromatic nitrogens is 1. The lowest BCUT2D eigenvalue weighted by Crippen LogP contribution is -2.48. The summed E-state index contributed by atoms with van der Waals surface area (Å²) in [4.78, 5) is 9.51. The third kappa shape index (κ3) is 8.06. The van der Waals surface area contributed by atoms with Crippen LogP contribution in [0.5, 0.6) is 34.5 Å². The topological polar surface area (TPSA) is 86.8 Å². The number of anilines is 1. The fourth-order valence-electron chi connectivity index (χ4n) is 6.09. The Bertz CT molecular complexity index is 1490. The molecule has 1 aromatic heterocycles. The second-order valence-electron chi connectivity index (χ2n) is 10.8. The highest BCUT2D eigenvalue weighted by Crippen LogP contribution is 2.43. The van der Waals surface area contributed by atoms with Crippen LogP contribution in [0, 0.1) is 0 Å². The number of pyridine rings is 1. The summed E-state index contributed by atoms with van der Waals surface area (Å²) in [5.41, 5.74) is 3.37. The second kappa shape index (κ2) is 17.5. The standard InChI is InChI=1S/C34H42N4O6.3ClH/c1-37(25-10-14-35-27(20-25)23-16-28(39-2)32(43-6)29(17-23)40-3)26-11-15-38(21-26)22-34(12-8-9-13-36-34)24-18-30(41-4)33(44-7)31(19-24)42-5;;;/h8-10,12-14,16-20,26,36H,11,15,21-22H2,1-7H3;3*1H/t26-,34?;;;/m0.../s1. The maximum atomic E-state index is 5.68. The van der Waals surface area contributed by atoms with Gasteiger partial charge in [-0.1, -0.05) is 12.2 Å². The van der Waals surface area contributed by atoms with Crippen LogP contribution in [-0.2, 0) is 5.54 Å². The number of halogens is 3. The molecular formula is C34H45Cl3N4O6. The number of nitrogens with zero attached hydrogens (tertiary/aromatic N) is 3. The van der Waals surface area contributed by atoms with Crippen molar-refractivity contribution in [1.29, 1.82) is 0 Å². The molecule has 2 aliphatic heterocycles. The van der Waals surface area contributed by atoms with Gasteiger partial charge >= 0.3 is 0 Å². The molecule has 2 aliphatic rings. The number of nitrogens with one attached hydrogen (secondary N) is 1. The van der Waals surface area contributed by atoms with E-state index in [-0.39, 0.29) is 37.2 Å². The van der Waals surface area contributed by atoms with Crippen molar-refractivity contribution in [3.8, 4) is 45.8 Å². The average molecular weight is 712 g/mol. The number of likely N-dealkylation sites (tertiary alicyclic amines) is 1. The van der Waals surface area contributed by atoms with Crippen LogP contribution in [0.4, 0.5) is 5.69 Å².